The van der Waals surface area contributed by atoms with Gasteiger partial charge in [0.1, 0.15) is 5.69 Å². The summed E-state index contributed by atoms with van der Waals surface area (Å²) in [4.78, 5) is 47.6. The van der Waals surface area contributed by atoms with Gasteiger partial charge in [-0.15, -0.1) is 11.3 Å². The number of amides is 1. The maximum absolute atomic E-state index is 13.2. The molecule has 1 saturated heterocycles. The Labute approximate surface area is 219 Å². The summed E-state index contributed by atoms with van der Waals surface area (Å²) in [6.45, 7) is 0.0191. The van der Waals surface area contributed by atoms with Crippen molar-refractivity contribution in [1.29, 1.82) is 0 Å². The fraction of sp³-hybridized carbons (Fsp3) is 0.526. The van der Waals surface area contributed by atoms with Gasteiger partial charge in [0.25, 0.3) is 0 Å². The van der Waals surface area contributed by atoms with E-state index in [0.29, 0.717) is 18.7 Å². The van der Waals surface area contributed by atoms with Gasteiger partial charge in [-0.1, -0.05) is 5.16 Å². The first-order valence-electron chi connectivity index (χ1n) is 11.3. The molecule has 8 N–H and O–H groups in total. The molecule has 0 bridgehead atoms. The maximum atomic E-state index is 13.2. The summed E-state index contributed by atoms with van der Waals surface area (Å²) in [6, 6.07) is -1.74. The second-order valence-electron chi connectivity index (χ2n) is 8.82. The number of carboxylic acids is 1. The fourth-order valence-electron chi connectivity index (χ4n) is 3.87. The van der Waals surface area contributed by atoms with Crippen molar-refractivity contribution in [3.63, 3.8) is 0 Å². The largest absolute Gasteiger partial charge is 0.478 e. The van der Waals surface area contributed by atoms with E-state index in [-0.39, 0.29) is 40.2 Å². The van der Waals surface area contributed by atoms with Gasteiger partial charge in [0.15, 0.2) is 16.6 Å². The van der Waals surface area contributed by atoms with E-state index in [9.17, 15) is 32.5 Å². The van der Waals surface area contributed by atoms with Crippen molar-refractivity contribution >= 4 is 50.1 Å². The van der Waals surface area contributed by atoms with Crippen LogP contribution in [0.15, 0.2) is 16.7 Å². The molecule has 3 heterocycles. The number of carbonyl (C=O) groups is 3. The number of rotatable bonds is 13. The Morgan fingerprint density at radius 2 is 2.08 bits per heavy atom. The summed E-state index contributed by atoms with van der Waals surface area (Å²) in [5.74, 6) is -4.28. The Hall–Kier alpha value is -3.52. The molecule has 0 radical (unpaired) electrons. The zero-order chi connectivity index (χ0) is 27.8. The lowest BCUT2D eigenvalue weighted by Crippen LogP contribution is -2.64. The molecule has 2 aromatic heterocycles. The van der Waals surface area contributed by atoms with Crippen LogP contribution in [0.3, 0.4) is 0 Å². The first kappa shape index (κ1) is 27.5. The van der Waals surface area contributed by atoms with E-state index in [1.807, 2.05) is 0 Å². The van der Waals surface area contributed by atoms with E-state index < -0.39 is 58.0 Å². The molecule has 1 saturated carbocycles. The van der Waals surface area contributed by atoms with E-state index in [1.165, 1.54) is 11.6 Å². The topological polar surface area (TPSA) is 272 Å². The number of hydrogen-bond donors (Lipinski definition) is 5. The van der Waals surface area contributed by atoms with Crippen LogP contribution in [-0.4, -0.2) is 83.9 Å². The van der Waals surface area contributed by atoms with Gasteiger partial charge in [-0.3, -0.25) is 14.1 Å². The number of Topliss-reactive ketones (excluding diaryl/α,β-unsaturated/α-hetero) is 1. The smallest absolute Gasteiger partial charge is 0.362 e. The average Bonchev–Trinajstić information content (AvgIpc) is 3.27. The van der Waals surface area contributed by atoms with Crippen molar-refractivity contribution in [2.24, 2.45) is 22.5 Å². The number of nitrogen functional groups attached to an aromatic ring is 1. The summed E-state index contributed by atoms with van der Waals surface area (Å²) < 4.78 is 33.6. The number of thiazole rings is 1. The van der Waals surface area contributed by atoms with Crippen LogP contribution in [0.1, 0.15) is 43.1 Å². The van der Waals surface area contributed by atoms with Crippen LogP contribution in [0.5, 0.6) is 0 Å². The lowest BCUT2D eigenvalue weighted by atomic mass is 9.84. The first-order valence-corrected chi connectivity index (χ1v) is 13.5. The van der Waals surface area contributed by atoms with Crippen LogP contribution in [0.2, 0.25) is 0 Å². The molecule has 1 aliphatic carbocycles. The third kappa shape index (κ3) is 5.50. The van der Waals surface area contributed by atoms with Gasteiger partial charge >= 0.3 is 16.3 Å². The SMILES string of the molecule is NCCC(N)c1cnn(C[C@@H]2[C@H](CC(=O)/C(=N\OC3(C(=O)O)CC3)c3csc(N)n3)C(=O)N2S(=O)(=O)O)n1. The van der Waals surface area contributed by atoms with E-state index in [1.54, 1.807) is 0 Å². The third-order valence-corrected chi connectivity index (χ3v) is 7.77. The second-order valence-corrected chi connectivity index (χ2v) is 11.0. The standard InChI is InChI=1S/C19H25N9O8S2/c20-4-1-10(21)11-6-23-27(25-11)7-13-9(16(30)28(13)38(33,34)35)5-14(29)15(12-8-37-18(22)24-12)26-36-19(2-3-19)17(31)32/h6,8-10,13H,1-5,7,20-21H2,(H2,22,24)(H,31,32)(H,33,34,35)/b26-15-/t9-,10?,13+/m0/s1. The number of aromatic nitrogens is 4. The molecule has 0 spiro atoms. The van der Waals surface area contributed by atoms with Crippen molar-refractivity contribution in [2.75, 3.05) is 12.3 Å². The maximum Gasteiger partial charge on any atom is 0.362 e. The molecule has 2 aromatic rings. The number of anilines is 1. The van der Waals surface area contributed by atoms with Crippen LogP contribution in [0.4, 0.5) is 5.13 Å². The van der Waals surface area contributed by atoms with Crippen LogP contribution in [0, 0.1) is 5.92 Å². The molecular formula is C19H25N9O8S2. The number of hydrogen-bond acceptors (Lipinski definition) is 14. The number of β-lactam (4-membered cyclic amide) rings is 1. The highest BCUT2D eigenvalue weighted by atomic mass is 32.2. The van der Waals surface area contributed by atoms with Gasteiger partial charge in [0.05, 0.1) is 36.4 Å². The second kappa shape index (κ2) is 10.3. The van der Waals surface area contributed by atoms with Gasteiger partial charge in [-0.25, -0.2) is 14.1 Å². The highest BCUT2D eigenvalue weighted by Crippen LogP contribution is 2.40. The minimum Gasteiger partial charge on any atom is -0.478 e. The molecule has 206 valence electrons. The number of nitrogens with two attached hydrogens (primary N) is 3. The fourth-order valence-corrected chi connectivity index (χ4v) is 5.34. The number of oxime groups is 1. The van der Waals surface area contributed by atoms with Crippen molar-refractivity contribution in [3.05, 3.63) is 23.0 Å². The van der Waals surface area contributed by atoms with E-state index in [4.69, 9.17) is 22.0 Å². The minimum atomic E-state index is -4.96. The minimum absolute atomic E-state index is 0.000855. The molecule has 2 aliphatic rings. The third-order valence-electron chi connectivity index (χ3n) is 6.15. The van der Waals surface area contributed by atoms with Gasteiger partial charge < -0.3 is 27.1 Å². The van der Waals surface area contributed by atoms with Crippen molar-refractivity contribution < 1.29 is 37.3 Å². The highest BCUT2D eigenvalue weighted by Gasteiger charge is 2.56. The molecule has 1 aliphatic heterocycles. The van der Waals surface area contributed by atoms with Crippen molar-refractivity contribution in [3.8, 4) is 0 Å². The van der Waals surface area contributed by atoms with E-state index in [2.05, 4.69) is 20.3 Å². The van der Waals surface area contributed by atoms with Gasteiger partial charge in [0, 0.05) is 24.6 Å². The lowest BCUT2D eigenvalue weighted by Gasteiger charge is -2.43. The first-order chi connectivity index (χ1) is 17.9. The normalized spacial score (nSPS) is 21.6. The molecule has 1 unspecified atom stereocenters. The van der Waals surface area contributed by atoms with Crippen LogP contribution in [-0.2, 0) is 36.1 Å². The quantitative estimate of drug-likeness (QED) is 0.0775. The van der Waals surface area contributed by atoms with E-state index >= 15 is 0 Å². The molecule has 4 rings (SSSR count). The molecule has 0 aromatic carbocycles. The van der Waals surface area contributed by atoms with Crippen molar-refractivity contribution in [1.82, 2.24) is 24.3 Å². The van der Waals surface area contributed by atoms with Crippen LogP contribution in [0.25, 0.3) is 0 Å². The van der Waals surface area contributed by atoms with Gasteiger partial charge in [-0.2, -0.15) is 23.4 Å². The number of nitrogens with zero attached hydrogens (tertiary/aromatic N) is 6. The number of ketones is 1. The molecule has 38 heavy (non-hydrogen) atoms. The summed E-state index contributed by atoms with van der Waals surface area (Å²) >= 11 is 0.995. The summed E-state index contributed by atoms with van der Waals surface area (Å²) in [6.07, 6.45) is 1.60. The number of carboxylic acid groups (broad SMARTS) is 1. The molecule has 19 heteroatoms. The highest BCUT2D eigenvalue weighted by molar-refractivity contribution is 7.84. The predicted molar refractivity (Wildman–Crippen MR) is 130 cm³/mol. The zero-order valence-corrected chi connectivity index (χ0v) is 21.3. The summed E-state index contributed by atoms with van der Waals surface area (Å²) in [5.41, 5.74) is 15.6. The molecule has 1 amide bonds. The Bertz CT molecular complexity index is 1380. The zero-order valence-electron chi connectivity index (χ0n) is 19.7. The number of aliphatic carboxylic acids is 1. The molecular weight excluding hydrogens is 546 g/mol. The average molecular weight is 572 g/mol. The van der Waals surface area contributed by atoms with Gasteiger partial charge in [-0.05, 0) is 13.0 Å². The van der Waals surface area contributed by atoms with Gasteiger partial charge in [0.2, 0.25) is 11.5 Å². The summed E-state index contributed by atoms with van der Waals surface area (Å²) in [5, 5.41) is 22.8. The van der Waals surface area contributed by atoms with E-state index in [0.717, 1.165) is 16.1 Å². The Morgan fingerprint density at radius 1 is 1.37 bits per heavy atom. The Balaban J connectivity index is 1.57. The Kier molecular flexibility index (Phi) is 7.48. The molecule has 3 atom stereocenters. The van der Waals surface area contributed by atoms with Crippen LogP contribution < -0.4 is 17.2 Å². The summed E-state index contributed by atoms with van der Waals surface area (Å²) in [7, 11) is -4.96. The monoisotopic (exact) mass is 571 g/mol. The lowest BCUT2D eigenvalue weighted by molar-refractivity contribution is -0.153. The molecule has 2 fully saturated rings. The Morgan fingerprint density at radius 3 is 2.63 bits per heavy atom. The number of carbonyl (C=O) groups excluding carboxylic acids is 2. The van der Waals surface area contributed by atoms with Crippen LogP contribution >= 0.6 is 11.3 Å². The molecule has 17 nitrogen and oxygen atoms in total. The predicted octanol–water partition coefficient (Wildman–Crippen LogP) is -1.71. The van der Waals surface area contributed by atoms with Crippen molar-refractivity contribution in [2.45, 2.75) is 49.9 Å².